The summed E-state index contributed by atoms with van der Waals surface area (Å²) in [5.74, 6) is -5.28. The van der Waals surface area contributed by atoms with Crippen LogP contribution in [-0.4, -0.2) is 44.6 Å². The Bertz CT molecular complexity index is 1520. The van der Waals surface area contributed by atoms with Crippen molar-refractivity contribution in [1.82, 2.24) is 4.98 Å². The lowest BCUT2D eigenvalue weighted by Crippen LogP contribution is -2.21. The second-order valence-corrected chi connectivity index (χ2v) is 8.94. The van der Waals surface area contributed by atoms with E-state index in [0.717, 1.165) is 27.9 Å². The zero-order valence-corrected chi connectivity index (χ0v) is 22.4. The largest absolute Gasteiger partial charge is 0.505 e. The Morgan fingerprint density at radius 2 is 1.26 bits per heavy atom. The molecule has 1 unspecified atom stereocenters. The van der Waals surface area contributed by atoms with E-state index in [1.165, 1.54) is 11.1 Å². The molecule has 0 aliphatic heterocycles. The molecule has 0 aliphatic rings. The molecule has 4 aromatic rings. The molecule has 0 radical (unpaired) electrons. The van der Waals surface area contributed by atoms with Crippen LogP contribution in [-0.2, 0) is 9.59 Å². The molecule has 224 valence electrons. The van der Waals surface area contributed by atoms with E-state index in [-0.39, 0.29) is 11.8 Å². The Balaban J connectivity index is 0.000000367. The first kappa shape index (κ1) is 33.4. The Morgan fingerprint density at radius 3 is 1.76 bits per heavy atom. The molecule has 4 rings (SSSR count). The standard InChI is InChI=1S/C25H24N2O.2C2HF3O2/c1-16-9-13-21(17(2)15-16)24(27-20-7-5-4-6-8-20)22-14-12-19-11-10-18(3)26-23(19)25(22)28;2*3-2(4,5)1(6)7/h4-15,24,27-28H,1-3H3;2*(H,6,7). The molecule has 0 aliphatic carbocycles. The number of halogens is 6. The molecule has 3 aromatic carbocycles. The Labute approximate surface area is 236 Å². The maximum atomic E-state index is 11.1. The van der Waals surface area contributed by atoms with E-state index < -0.39 is 24.3 Å². The van der Waals surface area contributed by atoms with E-state index in [0.29, 0.717) is 5.52 Å². The first-order valence-corrected chi connectivity index (χ1v) is 12.0. The van der Waals surface area contributed by atoms with E-state index in [4.69, 9.17) is 19.8 Å². The van der Waals surface area contributed by atoms with Crippen LogP contribution in [0.5, 0.6) is 5.75 Å². The van der Waals surface area contributed by atoms with Gasteiger partial charge >= 0.3 is 24.3 Å². The summed E-state index contributed by atoms with van der Waals surface area (Å²) >= 11 is 0. The first-order valence-electron chi connectivity index (χ1n) is 12.0. The summed E-state index contributed by atoms with van der Waals surface area (Å²) in [6.45, 7) is 6.15. The number of aliphatic carboxylic acids is 2. The van der Waals surface area contributed by atoms with Gasteiger partial charge < -0.3 is 20.6 Å². The molecule has 0 saturated heterocycles. The average Bonchev–Trinajstić information content (AvgIpc) is 2.89. The number of para-hydroxylation sites is 1. The number of aromatic nitrogens is 1. The van der Waals surface area contributed by atoms with Crippen molar-refractivity contribution in [2.75, 3.05) is 5.32 Å². The van der Waals surface area contributed by atoms with Crippen molar-refractivity contribution in [2.24, 2.45) is 0 Å². The summed E-state index contributed by atoms with van der Waals surface area (Å²) < 4.78 is 63.5. The molecule has 0 spiro atoms. The SMILES string of the molecule is Cc1ccc(C(Nc2ccccc2)c2ccc3ccc(C)nc3c2O)c(C)c1.O=C(O)C(F)(F)F.O=C(O)C(F)(F)F. The number of aryl methyl sites for hydroxylation is 3. The second-order valence-electron chi connectivity index (χ2n) is 8.94. The van der Waals surface area contributed by atoms with Crippen LogP contribution in [0.1, 0.15) is 34.0 Å². The van der Waals surface area contributed by atoms with Crippen LogP contribution in [0.25, 0.3) is 10.9 Å². The summed E-state index contributed by atoms with van der Waals surface area (Å²) in [5, 5.41) is 29.9. The number of hydrogen-bond acceptors (Lipinski definition) is 5. The van der Waals surface area contributed by atoms with E-state index in [1.807, 2.05) is 61.5 Å². The third-order valence-electron chi connectivity index (χ3n) is 5.62. The Hall–Kier alpha value is -4.81. The number of carbonyl (C=O) groups is 2. The number of rotatable bonds is 4. The van der Waals surface area contributed by atoms with Crippen LogP contribution >= 0.6 is 0 Å². The molecule has 0 amide bonds. The number of fused-ring (bicyclic) bond motifs is 1. The van der Waals surface area contributed by atoms with E-state index >= 15 is 0 Å². The predicted octanol–water partition coefficient (Wildman–Crippen LogP) is 7.33. The lowest BCUT2D eigenvalue weighted by molar-refractivity contribution is -0.193. The van der Waals surface area contributed by atoms with Crippen LogP contribution in [0.2, 0.25) is 0 Å². The number of benzene rings is 3. The van der Waals surface area contributed by atoms with Gasteiger partial charge in [0.25, 0.3) is 0 Å². The van der Waals surface area contributed by atoms with E-state index in [1.54, 1.807) is 0 Å². The van der Waals surface area contributed by atoms with Crippen molar-refractivity contribution in [3.8, 4) is 5.75 Å². The lowest BCUT2D eigenvalue weighted by Gasteiger charge is -2.24. The van der Waals surface area contributed by atoms with Crippen LogP contribution < -0.4 is 5.32 Å². The predicted molar refractivity (Wildman–Crippen MR) is 143 cm³/mol. The number of alkyl halides is 6. The van der Waals surface area contributed by atoms with E-state index in [2.05, 4.69) is 42.3 Å². The molecule has 4 N–H and O–H groups in total. The van der Waals surface area contributed by atoms with Gasteiger partial charge in [0, 0.05) is 22.3 Å². The molecule has 1 atom stereocenters. The highest BCUT2D eigenvalue weighted by molar-refractivity contribution is 5.86. The zero-order valence-electron chi connectivity index (χ0n) is 22.4. The van der Waals surface area contributed by atoms with Crippen molar-refractivity contribution >= 4 is 28.5 Å². The van der Waals surface area contributed by atoms with Crippen LogP contribution in [0.4, 0.5) is 32.0 Å². The van der Waals surface area contributed by atoms with Gasteiger partial charge in [-0.1, -0.05) is 60.2 Å². The van der Waals surface area contributed by atoms with Gasteiger partial charge in [0.15, 0.2) is 0 Å². The van der Waals surface area contributed by atoms with Gasteiger partial charge in [0.2, 0.25) is 0 Å². The number of phenolic OH excluding ortho intramolecular Hbond substituents is 1. The number of aromatic hydroxyl groups is 1. The Kier molecular flexibility index (Phi) is 10.9. The lowest BCUT2D eigenvalue weighted by atomic mass is 9.92. The summed E-state index contributed by atoms with van der Waals surface area (Å²) in [4.78, 5) is 22.4. The molecular weight excluding hydrogens is 570 g/mol. The first-order chi connectivity index (χ1) is 19.4. The van der Waals surface area contributed by atoms with Gasteiger partial charge in [-0.3, -0.25) is 0 Å². The number of pyridine rings is 1. The molecule has 0 saturated carbocycles. The monoisotopic (exact) mass is 596 g/mol. The van der Waals surface area contributed by atoms with Crippen LogP contribution in [0.3, 0.4) is 0 Å². The smallest absolute Gasteiger partial charge is 0.490 e. The minimum Gasteiger partial charge on any atom is -0.505 e. The molecular formula is C29H26F6N2O5. The number of hydrogen-bond donors (Lipinski definition) is 4. The summed E-state index contributed by atoms with van der Waals surface area (Å²) in [7, 11) is 0. The Morgan fingerprint density at radius 1 is 0.762 bits per heavy atom. The summed E-state index contributed by atoms with van der Waals surface area (Å²) in [6.07, 6.45) is -10.2. The molecule has 7 nitrogen and oxygen atoms in total. The van der Waals surface area contributed by atoms with Gasteiger partial charge in [-0.2, -0.15) is 26.3 Å². The van der Waals surface area contributed by atoms with Gasteiger partial charge in [-0.05, 0) is 50.1 Å². The fraction of sp³-hybridized carbons (Fsp3) is 0.207. The van der Waals surface area contributed by atoms with Crippen molar-refractivity contribution in [2.45, 2.75) is 39.2 Å². The number of nitrogens with one attached hydrogen (secondary N) is 1. The number of carboxylic acids is 2. The second kappa shape index (κ2) is 13.7. The van der Waals surface area contributed by atoms with Gasteiger partial charge in [0.05, 0.1) is 6.04 Å². The highest BCUT2D eigenvalue weighted by Gasteiger charge is 2.38. The zero-order chi connectivity index (χ0) is 31.8. The van der Waals surface area contributed by atoms with Crippen molar-refractivity contribution < 1.29 is 51.3 Å². The average molecular weight is 597 g/mol. The maximum absolute atomic E-state index is 11.1. The molecule has 42 heavy (non-hydrogen) atoms. The van der Waals surface area contributed by atoms with Gasteiger partial charge in [-0.25, -0.2) is 14.6 Å². The highest BCUT2D eigenvalue weighted by Crippen LogP contribution is 2.37. The maximum Gasteiger partial charge on any atom is 0.490 e. The van der Waals surface area contributed by atoms with Crippen molar-refractivity contribution in [3.05, 3.63) is 101 Å². The molecule has 13 heteroatoms. The quantitative estimate of drug-likeness (QED) is 0.182. The summed E-state index contributed by atoms with van der Waals surface area (Å²) in [6, 6.07) is 24.3. The summed E-state index contributed by atoms with van der Waals surface area (Å²) in [5.41, 5.74) is 6.90. The topological polar surface area (TPSA) is 120 Å². The van der Waals surface area contributed by atoms with Crippen LogP contribution in [0.15, 0.2) is 72.8 Å². The molecule has 0 fully saturated rings. The fourth-order valence-electron chi connectivity index (χ4n) is 3.69. The van der Waals surface area contributed by atoms with Crippen molar-refractivity contribution in [3.63, 3.8) is 0 Å². The molecule has 1 aromatic heterocycles. The van der Waals surface area contributed by atoms with E-state index in [9.17, 15) is 31.4 Å². The number of phenols is 1. The minimum atomic E-state index is -5.08. The third-order valence-corrected chi connectivity index (χ3v) is 5.62. The van der Waals surface area contributed by atoms with Crippen LogP contribution in [0, 0.1) is 20.8 Å². The number of nitrogens with zero attached hydrogens (tertiary/aromatic N) is 1. The third kappa shape index (κ3) is 9.39. The highest BCUT2D eigenvalue weighted by atomic mass is 19.4. The number of anilines is 1. The minimum absolute atomic E-state index is 0.185. The number of carboxylic acid groups (broad SMARTS) is 2. The van der Waals surface area contributed by atoms with Gasteiger partial charge in [-0.15, -0.1) is 0 Å². The normalized spacial score (nSPS) is 11.8. The molecule has 0 bridgehead atoms. The molecule has 1 heterocycles. The fourth-order valence-corrected chi connectivity index (χ4v) is 3.69. The van der Waals surface area contributed by atoms with Gasteiger partial charge in [0.1, 0.15) is 11.3 Å². The van der Waals surface area contributed by atoms with Crippen molar-refractivity contribution in [1.29, 1.82) is 0 Å².